The minimum atomic E-state index is -3.75. The van der Waals surface area contributed by atoms with E-state index in [9.17, 15) is 13.2 Å². The summed E-state index contributed by atoms with van der Waals surface area (Å²) in [6.45, 7) is 4.09. The number of nitrogens with one attached hydrogen (secondary N) is 2. The van der Waals surface area contributed by atoms with E-state index in [1.54, 1.807) is 36.4 Å². The highest BCUT2D eigenvalue weighted by molar-refractivity contribution is 7.92. The molecule has 0 fully saturated rings. The van der Waals surface area contributed by atoms with Gasteiger partial charge in [0.25, 0.3) is 10.0 Å². The molecule has 2 aromatic rings. The van der Waals surface area contributed by atoms with Gasteiger partial charge < -0.3 is 5.32 Å². The van der Waals surface area contributed by atoms with E-state index >= 15 is 0 Å². The minimum absolute atomic E-state index is 0.134. The van der Waals surface area contributed by atoms with E-state index in [1.807, 2.05) is 13.8 Å². The maximum absolute atomic E-state index is 12.5. The molecule has 0 bridgehead atoms. The van der Waals surface area contributed by atoms with E-state index in [2.05, 4.69) is 10.0 Å². The molecule has 0 aliphatic carbocycles. The van der Waals surface area contributed by atoms with E-state index < -0.39 is 10.0 Å². The van der Waals surface area contributed by atoms with Gasteiger partial charge in [-0.3, -0.25) is 9.52 Å². The zero-order valence-corrected chi connectivity index (χ0v) is 14.8. The Morgan fingerprint density at radius 2 is 1.83 bits per heavy atom. The Labute approximate surface area is 146 Å². The molecule has 1 heterocycles. The van der Waals surface area contributed by atoms with Gasteiger partial charge in [0.2, 0.25) is 5.91 Å². The number of rotatable bonds is 4. The quantitative estimate of drug-likeness (QED) is 0.867. The van der Waals surface area contributed by atoms with Crippen molar-refractivity contribution in [1.82, 2.24) is 0 Å². The fourth-order valence-corrected chi connectivity index (χ4v) is 3.90. The Morgan fingerprint density at radius 1 is 1.17 bits per heavy atom. The predicted molar refractivity (Wildman–Crippen MR) is 95.1 cm³/mol. The first-order chi connectivity index (χ1) is 11.3. The summed E-state index contributed by atoms with van der Waals surface area (Å²) >= 11 is 6.14. The summed E-state index contributed by atoms with van der Waals surface area (Å²) in [5.74, 6) is 0.191. The van der Waals surface area contributed by atoms with Gasteiger partial charge in [-0.15, -0.1) is 0 Å². The summed E-state index contributed by atoms with van der Waals surface area (Å²) in [5.41, 5.74) is 2.67. The van der Waals surface area contributed by atoms with Crippen LogP contribution in [0.25, 0.3) is 0 Å². The van der Waals surface area contributed by atoms with Crippen molar-refractivity contribution in [1.29, 1.82) is 0 Å². The van der Waals surface area contributed by atoms with Crippen molar-refractivity contribution < 1.29 is 13.2 Å². The Morgan fingerprint density at radius 3 is 2.46 bits per heavy atom. The van der Waals surface area contributed by atoms with Crippen LogP contribution in [0.3, 0.4) is 0 Å². The Bertz CT molecular complexity index is 906. The molecule has 7 heteroatoms. The number of hydrogen-bond donors (Lipinski definition) is 2. The topological polar surface area (TPSA) is 75.3 Å². The van der Waals surface area contributed by atoms with Crippen LogP contribution in [0.4, 0.5) is 11.4 Å². The molecular weight excluding hydrogens is 348 g/mol. The summed E-state index contributed by atoms with van der Waals surface area (Å²) in [5, 5.41) is 2.91. The highest BCUT2D eigenvalue weighted by Crippen LogP contribution is 2.34. The van der Waals surface area contributed by atoms with Crippen molar-refractivity contribution in [3.63, 3.8) is 0 Å². The van der Waals surface area contributed by atoms with E-state index in [4.69, 9.17) is 11.6 Å². The minimum Gasteiger partial charge on any atom is -0.325 e. The van der Waals surface area contributed by atoms with Gasteiger partial charge in [0, 0.05) is 5.69 Å². The summed E-state index contributed by atoms with van der Waals surface area (Å²) in [6, 6.07) is 9.89. The average molecular weight is 365 g/mol. The molecule has 2 N–H and O–H groups in total. The van der Waals surface area contributed by atoms with Gasteiger partial charge in [-0.25, -0.2) is 8.42 Å². The van der Waals surface area contributed by atoms with Crippen LogP contribution in [-0.2, 0) is 21.2 Å². The molecule has 1 amide bonds. The standard InChI is InChI=1S/C17H17ClN2O3S/c1-10(2)11-3-5-13(6-4-11)24(22,23)20-16-7-12-8-17(21)19-15(12)9-14(16)18/h3-7,9-10,20H,8H2,1-2H3,(H,19,21). The van der Waals surface area contributed by atoms with Crippen LogP contribution in [0.2, 0.25) is 5.02 Å². The SMILES string of the molecule is CC(C)c1ccc(S(=O)(=O)Nc2cc3c(cc2Cl)NC(=O)C3)cc1. The van der Waals surface area contributed by atoms with Crippen molar-refractivity contribution in [2.24, 2.45) is 0 Å². The first kappa shape index (κ1) is 16.8. The maximum atomic E-state index is 12.5. The molecule has 0 atom stereocenters. The molecule has 0 saturated carbocycles. The monoisotopic (exact) mass is 364 g/mol. The number of benzene rings is 2. The number of amides is 1. The number of anilines is 2. The molecule has 126 valence electrons. The highest BCUT2D eigenvalue weighted by Gasteiger charge is 2.22. The summed E-state index contributed by atoms with van der Waals surface area (Å²) in [7, 11) is -3.75. The zero-order chi connectivity index (χ0) is 17.5. The van der Waals surface area contributed by atoms with Crippen molar-refractivity contribution in [2.45, 2.75) is 31.1 Å². The average Bonchev–Trinajstić information content (AvgIpc) is 2.86. The Balaban J connectivity index is 1.90. The molecule has 5 nitrogen and oxygen atoms in total. The van der Waals surface area contributed by atoms with Crippen molar-refractivity contribution in [3.05, 3.63) is 52.5 Å². The lowest BCUT2D eigenvalue weighted by molar-refractivity contribution is -0.115. The van der Waals surface area contributed by atoms with Crippen LogP contribution < -0.4 is 10.0 Å². The molecule has 0 spiro atoms. The second kappa shape index (κ2) is 6.11. The normalized spacial score (nSPS) is 13.8. The molecular formula is C17H17ClN2O3S. The van der Waals surface area contributed by atoms with E-state index in [-0.39, 0.29) is 27.9 Å². The summed E-state index contributed by atoms with van der Waals surface area (Å²) in [4.78, 5) is 11.6. The number of halogens is 1. The number of hydrogen-bond acceptors (Lipinski definition) is 3. The molecule has 1 aliphatic heterocycles. The summed E-state index contributed by atoms with van der Waals surface area (Å²) in [6.07, 6.45) is 0.213. The van der Waals surface area contributed by atoms with Gasteiger partial charge in [-0.2, -0.15) is 0 Å². The smallest absolute Gasteiger partial charge is 0.261 e. The van der Waals surface area contributed by atoms with Gasteiger partial charge in [0.15, 0.2) is 0 Å². The number of carbonyl (C=O) groups excluding carboxylic acids is 1. The van der Waals surface area contributed by atoms with Gasteiger partial charge in [-0.05, 0) is 41.3 Å². The van der Waals surface area contributed by atoms with Gasteiger partial charge >= 0.3 is 0 Å². The molecule has 24 heavy (non-hydrogen) atoms. The fourth-order valence-electron chi connectivity index (χ4n) is 2.56. The van der Waals surface area contributed by atoms with Crippen molar-refractivity contribution in [2.75, 3.05) is 10.0 Å². The van der Waals surface area contributed by atoms with Crippen LogP contribution in [0.1, 0.15) is 30.9 Å². The largest absolute Gasteiger partial charge is 0.325 e. The first-order valence-electron chi connectivity index (χ1n) is 7.51. The Hall–Kier alpha value is -2.05. The predicted octanol–water partition coefficient (Wildman–Crippen LogP) is 3.76. The third-order valence-electron chi connectivity index (χ3n) is 3.92. The summed E-state index contributed by atoms with van der Waals surface area (Å²) < 4.78 is 27.6. The first-order valence-corrected chi connectivity index (χ1v) is 9.37. The maximum Gasteiger partial charge on any atom is 0.261 e. The molecule has 2 aromatic carbocycles. The molecule has 0 aromatic heterocycles. The van der Waals surface area contributed by atoms with Crippen LogP contribution in [-0.4, -0.2) is 14.3 Å². The highest BCUT2D eigenvalue weighted by atomic mass is 35.5. The molecule has 1 aliphatic rings. The lowest BCUT2D eigenvalue weighted by atomic mass is 10.0. The van der Waals surface area contributed by atoms with E-state index in [0.29, 0.717) is 11.6 Å². The van der Waals surface area contributed by atoms with Crippen LogP contribution >= 0.6 is 11.6 Å². The number of sulfonamides is 1. The second-order valence-corrected chi connectivity index (χ2v) is 8.13. The van der Waals surface area contributed by atoms with Gasteiger partial charge in [0.1, 0.15) is 0 Å². The van der Waals surface area contributed by atoms with Gasteiger partial charge in [0.05, 0.1) is 22.0 Å². The van der Waals surface area contributed by atoms with Crippen molar-refractivity contribution >= 4 is 38.9 Å². The number of fused-ring (bicyclic) bond motifs is 1. The van der Waals surface area contributed by atoms with Crippen LogP contribution in [0, 0.1) is 0 Å². The molecule has 0 saturated heterocycles. The van der Waals surface area contributed by atoms with Gasteiger partial charge in [-0.1, -0.05) is 37.6 Å². The van der Waals surface area contributed by atoms with E-state index in [0.717, 1.165) is 11.1 Å². The van der Waals surface area contributed by atoms with E-state index in [1.165, 1.54) is 0 Å². The second-order valence-electron chi connectivity index (χ2n) is 6.04. The third-order valence-corrected chi connectivity index (χ3v) is 5.61. The molecule has 0 unspecified atom stereocenters. The third kappa shape index (κ3) is 3.25. The van der Waals surface area contributed by atoms with Crippen LogP contribution in [0.5, 0.6) is 0 Å². The molecule has 3 rings (SSSR count). The van der Waals surface area contributed by atoms with Crippen molar-refractivity contribution in [3.8, 4) is 0 Å². The fraction of sp³-hybridized carbons (Fsp3) is 0.235. The zero-order valence-electron chi connectivity index (χ0n) is 13.3. The number of carbonyl (C=O) groups is 1. The lowest BCUT2D eigenvalue weighted by Gasteiger charge is -2.12. The lowest BCUT2D eigenvalue weighted by Crippen LogP contribution is -2.13. The van der Waals surface area contributed by atoms with Crippen LogP contribution in [0.15, 0.2) is 41.3 Å². The Kier molecular flexibility index (Phi) is 4.27. The molecule has 0 radical (unpaired) electrons.